The summed E-state index contributed by atoms with van der Waals surface area (Å²) in [7, 11) is 0. The summed E-state index contributed by atoms with van der Waals surface area (Å²) in [6.07, 6.45) is -4.36. The van der Waals surface area contributed by atoms with Crippen molar-refractivity contribution < 1.29 is 36.2 Å². The van der Waals surface area contributed by atoms with E-state index >= 15 is 0 Å². The predicted octanol–water partition coefficient (Wildman–Crippen LogP) is 2.85. The Morgan fingerprint density at radius 1 is 1.23 bits per heavy atom. The second-order valence-electron chi connectivity index (χ2n) is 8.70. The number of halogens is 5. The van der Waals surface area contributed by atoms with Crippen LogP contribution in [0.15, 0.2) is 35.1 Å². The SMILES string of the molecule is O=C(CN1c2nc(N3C[C@H]4C[C@H]3CO4)cc(=O)n2CC[C@H]1C(F)(F)F)c1ccc(OC(F)F)cc1. The van der Waals surface area contributed by atoms with Crippen molar-refractivity contribution in [1.82, 2.24) is 9.55 Å². The van der Waals surface area contributed by atoms with Crippen LogP contribution in [-0.2, 0) is 11.3 Å². The highest BCUT2D eigenvalue weighted by molar-refractivity contribution is 5.99. The van der Waals surface area contributed by atoms with Crippen LogP contribution in [0.2, 0.25) is 0 Å². The number of aromatic nitrogens is 2. The fourth-order valence-electron chi connectivity index (χ4n) is 4.87. The number of alkyl halides is 5. The Kier molecular flexibility index (Phi) is 5.90. The highest BCUT2D eigenvalue weighted by Crippen LogP contribution is 2.36. The summed E-state index contributed by atoms with van der Waals surface area (Å²) in [4.78, 5) is 32.8. The van der Waals surface area contributed by atoms with Crippen molar-refractivity contribution >= 4 is 17.5 Å². The van der Waals surface area contributed by atoms with Crippen LogP contribution in [0.4, 0.5) is 33.7 Å². The van der Waals surface area contributed by atoms with Gasteiger partial charge in [-0.2, -0.15) is 26.9 Å². The van der Waals surface area contributed by atoms with Crippen molar-refractivity contribution in [3.63, 3.8) is 0 Å². The number of carbonyl (C=O) groups excluding carboxylic acids is 1. The minimum Gasteiger partial charge on any atom is -0.435 e. The van der Waals surface area contributed by atoms with Crippen LogP contribution in [0.3, 0.4) is 0 Å². The van der Waals surface area contributed by atoms with Crippen LogP contribution in [0.5, 0.6) is 5.75 Å². The van der Waals surface area contributed by atoms with Gasteiger partial charge >= 0.3 is 12.8 Å². The first-order valence-electron chi connectivity index (χ1n) is 11.0. The molecule has 1 aromatic heterocycles. The Morgan fingerprint density at radius 2 is 1.97 bits per heavy atom. The molecule has 0 saturated carbocycles. The molecule has 2 aromatic rings. The van der Waals surface area contributed by atoms with Gasteiger partial charge < -0.3 is 19.3 Å². The van der Waals surface area contributed by atoms with E-state index in [1.165, 1.54) is 18.2 Å². The molecular weight excluding hydrogens is 479 g/mol. The normalized spacial score (nSPS) is 23.7. The van der Waals surface area contributed by atoms with Crippen LogP contribution < -0.4 is 20.1 Å². The maximum absolute atomic E-state index is 14.0. The molecule has 0 radical (unpaired) electrons. The van der Waals surface area contributed by atoms with Crippen molar-refractivity contribution in [2.75, 3.05) is 29.5 Å². The number of ether oxygens (including phenoxy) is 2. The number of morpholine rings is 1. The molecule has 3 aliphatic rings. The summed E-state index contributed by atoms with van der Waals surface area (Å²) >= 11 is 0. The van der Waals surface area contributed by atoms with E-state index in [1.807, 2.05) is 4.90 Å². The van der Waals surface area contributed by atoms with Gasteiger partial charge in [-0.15, -0.1) is 0 Å². The molecule has 0 amide bonds. The second kappa shape index (κ2) is 8.77. The zero-order valence-electron chi connectivity index (χ0n) is 18.3. The van der Waals surface area contributed by atoms with E-state index < -0.39 is 43.1 Å². The fraction of sp³-hybridized carbons (Fsp3) is 0.500. The molecule has 3 atom stereocenters. The van der Waals surface area contributed by atoms with E-state index in [4.69, 9.17) is 4.74 Å². The Balaban J connectivity index is 1.47. The van der Waals surface area contributed by atoms with Crippen molar-refractivity contribution in [2.45, 2.75) is 50.4 Å². The summed E-state index contributed by atoms with van der Waals surface area (Å²) in [5.74, 6) is -0.846. The number of fused-ring (bicyclic) bond motifs is 3. The molecule has 2 saturated heterocycles. The van der Waals surface area contributed by atoms with E-state index in [0.717, 1.165) is 28.0 Å². The number of hydrogen-bond acceptors (Lipinski definition) is 7. The fourth-order valence-corrected chi connectivity index (χ4v) is 4.87. The summed E-state index contributed by atoms with van der Waals surface area (Å²) in [5, 5.41) is 0. The molecule has 1 aromatic carbocycles. The van der Waals surface area contributed by atoms with Crippen LogP contribution >= 0.6 is 0 Å². The van der Waals surface area contributed by atoms with E-state index in [1.54, 1.807) is 0 Å². The van der Waals surface area contributed by atoms with E-state index in [9.17, 15) is 31.5 Å². The first-order valence-corrected chi connectivity index (χ1v) is 11.0. The van der Waals surface area contributed by atoms with Gasteiger partial charge in [0.1, 0.15) is 17.6 Å². The maximum Gasteiger partial charge on any atom is 0.408 e. The van der Waals surface area contributed by atoms with Gasteiger partial charge in [0, 0.05) is 24.7 Å². The lowest BCUT2D eigenvalue weighted by atomic mass is 10.1. The van der Waals surface area contributed by atoms with Gasteiger partial charge in [-0.05, 0) is 37.1 Å². The van der Waals surface area contributed by atoms with Crippen molar-refractivity contribution in [3.05, 3.63) is 46.2 Å². The first-order chi connectivity index (χ1) is 16.6. The number of Topliss-reactive ketones (excluding diaryl/α,β-unsaturated/α-hetero) is 1. The average Bonchev–Trinajstić information content (AvgIpc) is 3.42. The average molecular weight is 500 g/mol. The molecule has 0 N–H and O–H groups in total. The number of hydrogen-bond donors (Lipinski definition) is 0. The lowest BCUT2D eigenvalue weighted by Crippen LogP contribution is -2.54. The number of anilines is 2. The van der Waals surface area contributed by atoms with Gasteiger partial charge in [-0.25, -0.2) is 0 Å². The minimum atomic E-state index is -4.67. The standard InChI is InChI=1S/C22H21F5N4O4/c23-20(24)35-14-3-1-12(2-4-14)16(32)10-31-17(22(25,26)27)5-6-29-19(33)8-18(28-21(29)31)30-9-15-7-13(30)11-34-15/h1-4,8,13,15,17,20H,5-7,9-11H2/t13-,15+,17-/m0/s1. The molecule has 4 heterocycles. The largest absolute Gasteiger partial charge is 0.435 e. The topological polar surface area (TPSA) is 76.9 Å². The minimum absolute atomic E-state index is 0.0113. The smallest absolute Gasteiger partial charge is 0.408 e. The molecule has 0 spiro atoms. The zero-order chi connectivity index (χ0) is 24.9. The van der Waals surface area contributed by atoms with Crippen LogP contribution in [-0.4, -0.2) is 66.0 Å². The summed E-state index contributed by atoms with van der Waals surface area (Å²) in [6.45, 7) is -3.02. The number of nitrogens with zero attached hydrogens (tertiary/aromatic N) is 4. The summed E-state index contributed by atoms with van der Waals surface area (Å²) < 4.78 is 77.5. The highest BCUT2D eigenvalue weighted by atomic mass is 19.4. The van der Waals surface area contributed by atoms with Gasteiger partial charge in [-0.3, -0.25) is 14.2 Å². The maximum atomic E-state index is 14.0. The third-order valence-electron chi connectivity index (χ3n) is 6.52. The number of ketones is 1. The molecular formula is C22H21F5N4O4. The number of rotatable bonds is 6. The molecule has 2 bridgehead atoms. The monoisotopic (exact) mass is 500 g/mol. The quantitative estimate of drug-likeness (QED) is 0.446. The van der Waals surface area contributed by atoms with E-state index in [2.05, 4.69) is 9.72 Å². The molecule has 13 heteroatoms. The molecule has 3 aliphatic heterocycles. The molecule has 0 unspecified atom stereocenters. The zero-order valence-corrected chi connectivity index (χ0v) is 18.3. The number of carbonyl (C=O) groups is 1. The Hall–Kier alpha value is -3.22. The third kappa shape index (κ3) is 4.56. The van der Waals surface area contributed by atoms with Crippen molar-refractivity contribution in [1.29, 1.82) is 0 Å². The van der Waals surface area contributed by atoms with E-state index in [-0.39, 0.29) is 41.8 Å². The number of benzene rings is 1. The van der Waals surface area contributed by atoms with E-state index in [0.29, 0.717) is 13.2 Å². The molecule has 35 heavy (non-hydrogen) atoms. The summed E-state index contributed by atoms with van der Waals surface area (Å²) in [5.41, 5.74) is -0.488. The van der Waals surface area contributed by atoms with Gasteiger partial charge in [0.05, 0.1) is 25.3 Å². The van der Waals surface area contributed by atoms with Gasteiger partial charge in [0.15, 0.2) is 5.78 Å². The van der Waals surface area contributed by atoms with Crippen LogP contribution in [0, 0.1) is 0 Å². The Labute approximate surface area is 195 Å². The van der Waals surface area contributed by atoms with Crippen molar-refractivity contribution in [2.24, 2.45) is 0 Å². The van der Waals surface area contributed by atoms with Crippen LogP contribution in [0.1, 0.15) is 23.2 Å². The molecule has 8 nitrogen and oxygen atoms in total. The lowest BCUT2D eigenvalue weighted by molar-refractivity contribution is -0.152. The molecule has 188 valence electrons. The van der Waals surface area contributed by atoms with Gasteiger partial charge in [0.25, 0.3) is 5.56 Å². The predicted molar refractivity (Wildman–Crippen MR) is 113 cm³/mol. The highest BCUT2D eigenvalue weighted by Gasteiger charge is 2.48. The Bertz CT molecular complexity index is 1170. The van der Waals surface area contributed by atoms with Gasteiger partial charge in [0.2, 0.25) is 5.95 Å². The lowest BCUT2D eigenvalue weighted by Gasteiger charge is -2.39. The summed E-state index contributed by atoms with van der Waals surface area (Å²) in [6, 6.07) is 3.94. The molecule has 5 rings (SSSR count). The second-order valence-corrected chi connectivity index (χ2v) is 8.70. The third-order valence-corrected chi connectivity index (χ3v) is 6.52. The van der Waals surface area contributed by atoms with Crippen LogP contribution in [0.25, 0.3) is 0 Å². The first kappa shape index (κ1) is 23.5. The van der Waals surface area contributed by atoms with Crippen molar-refractivity contribution in [3.8, 4) is 5.75 Å². The molecule has 0 aliphatic carbocycles. The molecule has 2 fully saturated rings. The van der Waals surface area contributed by atoms with Gasteiger partial charge in [-0.1, -0.05) is 0 Å². The Morgan fingerprint density at radius 3 is 2.57 bits per heavy atom.